The van der Waals surface area contributed by atoms with Crippen molar-refractivity contribution in [1.82, 2.24) is 5.32 Å². The highest BCUT2D eigenvalue weighted by Gasteiger charge is 2.34. The van der Waals surface area contributed by atoms with Gasteiger partial charge in [-0.3, -0.25) is 9.59 Å². The van der Waals surface area contributed by atoms with E-state index in [1.807, 2.05) is 57.7 Å². The summed E-state index contributed by atoms with van der Waals surface area (Å²) in [6.07, 6.45) is 0.875. The van der Waals surface area contributed by atoms with Crippen LogP contribution in [-0.2, 0) is 16.0 Å². The fraction of sp³-hybridized carbons (Fsp3) is 0.556. The summed E-state index contributed by atoms with van der Waals surface area (Å²) in [5.41, 5.74) is 1.67. The van der Waals surface area contributed by atoms with Crippen LogP contribution in [0.25, 0.3) is 0 Å². The molecule has 4 nitrogen and oxygen atoms in total. The first-order valence-electron chi connectivity index (χ1n) is 7.92. The largest absolute Gasteiger partial charge is 0.344 e. The van der Waals surface area contributed by atoms with Crippen LogP contribution >= 0.6 is 0 Å². The van der Waals surface area contributed by atoms with Gasteiger partial charge in [0, 0.05) is 17.6 Å². The van der Waals surface area contributed by atoms with Crippen LogP contribution in [-0.4, -0.2) is 24.4 Å². The molecule has 0 bridgehead atoms. The minimum Gasteiger partial charge on any atom is -0.344 e. The molecule has 0 saturated carbocycles. The number of amides is 2. The molecule has 0 fully saturated rings. The van der Waals surface area contributed by atoms with Gasteiger partial charge in [-0.1, -0.05) is 52.8 Å². The Morgan fingerprint density at radius 1 is 1.18 bits per heavy atom. The molecule has 1 aromatic carbocycles. The molecule has 0 spiro atoms. The van der Waals surface area contributed by atoms with E-state index in [0.717, 1.165) is 12.1 Å². The third kappa shape index (κ3) is 3.32. The van der Waals surface area contributed by atoms with Gasteiger partial charge in [-0.15, -0.1) is 0 Å². The predicted octanol–water partition coefficient (Wildman–Crippen LogP) is 2.76. The van der Waals surface area contributed by atoms with Gasteiger partial charge >= 0.3 is 0 Å². The normalized spacial score (nSPS) is 15.6. The van der Waals surface area contributed by atoms with Gasteiger partial charge in [-0.05, 0) is 24.0 Å². The molecule has 4 heteroatoms. The molecule has 0 aliphatic carbocycles. The van der Waals surface area contributed by atoms with Crippen LogP contribution in [0.1, 0.15) is 40.2 Å². The number of hydrogen-bond acceptors (Lipinski definition) is 2. The van der Waals surface area contributed by atoms with E-state index < -0.39 is 11.5 Å². The van der Waals surface area contributed by atoms with Gasteiger partial charge in [0.05, 0.1) is 0 Å². The van der Waals surface area contributed by atoms with Crippen molar-refractivity contribution >= 4 is 17.5 Å². The molecule has 1 aromatic rings. The van der Waals surface area contributed by atoms with Crippen LogP contribution in [0, 0.1) is 11.3 Å². The maximum absolute atomic E-state index is 12.9. The quantitative estimate of drug-likeness (QED) is 0.933. The second kappa shape index (κ2) is 6.11. The molecular weight excluding hydrogens is 276 g/mol. The summed E-state index contributed by atoms with van der Waals surface area (Å²) in [7, 11) is 0. The first-order chi connectivity index (χ1) is 10.2. The lowest BCUT2D eigenvalue weighted by atomic mass is 9.93. The molecule has 1 heterocycles. The van der Waals surface area contributed by atoms with E-state index in [2.05, 4.69) is 11.4 Å². The molecular formula is C18H26N2O2. The average Bonchev–Trinajstić information content (AvgIpc) is 2.86. The highest BCUT2D eigenvalue weighted by atomic mass is 16.2. The third-order valence-electron chi connectivity index (χ3n) is 4.05. The number of nitrogens with one attached hydrogen (secondary N) is 1. The summed E-state index contributed by atoms with van der Waals surface area (Å²) < 4.78 is 0. The van der Waals surface area contributed by atoms with E-state index >= 15 is 0 Å². The predicted molar refractivity (Wildman–Crippen MR) is 88.7 cm³/mol. The van der Waals surface area contributed by atoms with Crippen molar-refractivity contribution in [3.63, 3.8) is 0 Å². The molecule has 0 unspecified atom stereocenters. The molecule has 120 valence electrons. The van der Waals surface area contributed by atoms with Crippen LogP contribution in [0.3, 0.4) is 0 Å². The van der Waals surface area contributed by atoms with Crippen LogP contribution < -0.4 is 10.2 Å². The van der Waals surface area contributed by atoms with Crippen molar-refractivity contribution in [2.24, 2.45) is 11.3 Å². The lowest BCUT2D eigenvalue weighted by Crippen LogP contribution is -2.53. The Labute approximate surface area is 132 Å². The number of nitrogens with zero attached hydrogens (tertiary/aromatic N) is 1. The lowest BCUT2D eigenvalue weighted by Gasteiger charge is -2.29. The highest BCUT2D eigenvalue weighted by molar-refractivity contribution is 6.01. The number of carbonyl (C=O) groups is 2. The average molecular weight is 302 g/mol. The van der Waals surface area contributed by atoms with Crippen molar-refractivity contribution in [3.05, 3.63) is 29.8 Å². The first-order valence-corrected chi connectivity index (χ1v) is 7.92. The Balaban J connectivity index is 2.20. The Kier molecular flexibility index (Phi) is 4.59. The second-order valence-electron chi connectivity index (χ2n) is 7.31. The van der Waals surface area contributed by atoms with Crippen LogP contribution in [0.15, 0.2) is 24.3 Å². The number of carbonyl (C=O) groups excluding carboxylic acids is 2. The molecule has 0 saturated heterocycles. The summed E-state index contributed by atoms with van der Waals surface area (Å²) in [5.74, 6) is -0.0591. The summed E-state index contributed by atoms with van der Waals surface area (Å²) >= 11 is 0. The third-order valence-corrected chi connectivity index (χ3v) is 4.05. The fourth-order valence-electron chi connectivity index (χ4n) is 2.61. The van der Waals surface area contributed by atoms with Gasteiger partial charge in [0.1, 0.15) is 6.04 Å². The number of para-hydroxylation sites is 1. The van der Waals surface area contributed by atoms with E-state index in [1.54, 1.807) is 0 Å². The van der Waals surface area contributed by atoms with E-state index in [0.29, 0.717) is 6.54 Å². The Hall–Kier alpha value is -1.84. The van der Waals surface area contributed by atoms with Gasteiger partial charge in [0.2, 0.25) is 11.8 Å². The molecule has 1 atom stereocenters. The Morgan fingerprint density at radius 2 is 1.82 bits per heavy atom. The first kappa shape index (κ1) is 16.5. The molecule has 2 rings (SSSR count). The zero-order valence-corrected chi connectivity index (χ0v) is 14.1. The van der Waals surface area contributed by atoms with Gasteiger partial charge in [-0.25, -0.2) is 0 Å². The number of anilines is 1. The van der Waals surface area contributed by atoms with Crippen molar-refractivity contribution in [3.8, 4) is 0 Å². The number of hydrogen-bond donors (Lipinski definition) is 1. The number of benzene rings is 1. The van der Waals surface area contributed by atoms with Gasteiger partial charge in [0.25, 0.3) is 0 Å². The SMILES string of the molecule is CC(C)[C@@H](NC(=O)C(C)(C)C)C(=O)N1CCc2ccccc21. The maximum Gasteiger partial charge on any atom is 0.249 e. The van der Waals surface area contributed by atoms with Crippen molar-refractivity contribution in [2.45, 2.75) is 47.1 Å². The van der Waals surface area contributed by atoms with Crippen LogP contribution in [0.2, 0.25) is 0 Å². The molecule has 1 N–H and O–H groups in total. The molecule has 1 aliphatic heterocycles. The summed E-state index contributed by atoms with van der Waals surface area (Å²) in [6, 6.07) is 7.48. The van der Waals surface area contributed by atoms with E-state index in [4.69, 9.17) is 0 Å². The van der Waals surface area contributed by atoms with Crippen LogP contribution in [0.4, 0.5) is 5.69 Å². The standard InChI is InChI=1S/C18H26N2O2/c1-12(2)15(19-17(22)18(3,4)5)16(21)20-11-10-13-8-6-7-9-14(13)20/h6-9,12,15H,10-11H2,1-5H3,(H,19,22)/t15-/m1/s1. The molecule has 0 aromatic heterocycles. The van der Waals surface area contributed by atoms with E-state index in [9.17, 15) is 9.59 Å². The monoisotopic (exact) mass is 302 g/mol. The van der Waals surface area contributed by atoms with Crippen molar-refractivity contribution in [2.75, 3.05) is 11.4 Å². The molecule has 0 radical (unpaired) electrons. The fourth-order valence-corrected chi connectivity index (χ4v) is 2.61. The summed E-state index contributed by atoms with van der Waals surface area (Å²) in [5, 5.41) is 2.93. The van der Waals surface area contributed by atoms with E-state index in [-0.39, 0.29) is 17.7 Å². The second-order valence-corrected chi connectivity index (χ2v) is 7.31. The van der Waals surface area contributed by atoms with Gasteiger partial charge < -0.3 is 10.2 Å². The molecule has 2 amide bonds. The summed E-state index contributed by atoms with van der Waals surface area (Å²) in [4.78, 5) is 27.0. The molecule has 1 aliphatic rings. The van der Waals surface area contributed by atoms with Gasteiger partial charge in [0.15, 0.2) is 0 Å². The zero-order chi connectivity index (χ0) is 16.5. The van der Waals surface area contributed by atoms with Crippen molar-refractivity contribution in [1.29, 1.82) is 0 Å². The van der Waals surface area contributed by atoms with E-state index in [1.165, 1.54) is 5.56 Å². The maximum atomic E-state index is 12.9. The Morgan fingerprint density at radius 3 is 2.41 bits per heavy atom. The highest BCUT2D eigenvalue weighted by Crippen LogP contribution is 2.28. The minimum absolute atomic E-state index is 0.0162. The van der Waals surface area contributed by atoms with Gasteiger partial charge in [-0.2, -0.15) is 0 Å². The zero-order valence-electron chi connectivity index (χ0n) is 14.1. The molecule has 22 heavy (non-hydrogen) atoms. The topological polar surface area (TPSA) is 49.4 Å². The Bertz CT molecular complexity index is 573. The van der Waals surface area contributed by atoms with Crippen molar-refractivity contribution < 1.29 is 9.59 Å². The summed E-state index contributed by atoms with van der Waals surface area (Å²) in [6.45, 7) is 10.2. The van der Waals surface area contributed by atoms with Crippen LogP contribution in [0.5, 0.6) is 0 Å². The lowest BCUT2D eigenvalue weighted by molar-refractivity contribution is -0.133. The minimum atomic E-state index is -0.504. The number of fused-ring (bicyclic) bond motifs is 1. The smallest absolute Gasteiger partial charge is 0.249 e. The number of rotatable bonds is 3.